The molecule has 2 aromatic rings. The third-order valence-electron chi connectivity index (χ3n) is 4.54. The van der Waals surface area contributed by atoms with Crippen molar-refractivity contribution < 1.29 is 5.11 Å². The van der Waals surface area contributed by atoms with E-state index in [2.05, 4.69) is 54.0 Å². The van der Waals surface area contributed by atoms with E-state index in [9.17, 15) is 5.11 Å². The quantitative estimate of drug-likeness (QED) is 0.735. The molecule has 0 aliphatic heterocycles. The lowest BCUT2D eigenvalue weighted by Crippen LogP contribution is -2.52. The van der Waals surface area contributed by atoms with Crippen LogP contribution >= 0.6 is 40.1 Å². The standard InChI is InChI=1S/C18H20BrNOS.ClH/c1-18(2)15-10-13(21)6-3-11(15)9-16(17(18)20)22-14-7-4-12(19)5-8-14;/h3-8,10,16-17,21H,9,20H2,1-2H3;1H. The van der Waals surface area contributed by atoms with Crippen molar-refractivity contribution in [1.29, 1.82) is 0 Å². The molecule has 3 rings (SSSR count). The fourth-order valence-electron chi connectivity index (χ4n) is 3.13. The van der Waals surface area contributed by atoms with Crippen molar-refractivity contribution in [3.8, 4) is 5.75 Å². The number of halogens is 2. The first-order chi connectivity index (χ1) is 10.4. The molecule has 2 atom stereocenters. The molecule has 0 spiro atoms. The molecule has 1 aliphatic rings. The van der Waals surface area contributed by atoms with E-state index < -0.39 is 0 Å². The second kappa shape index (κ2) is 7.06. The van der Waals surface area contributed by atoms with Gasteiger partial charge in [-0.25, -0.2) is 0 Å². The summed E-state index contributed by atoms with van der Waals surface area (Å²) in [5.74, 6) is 0.318. The van der Waals surface area contributed by atoms with Crippen molar-refractivity contribution in [3.05, 3.63) is 58.1 Å². The van der Waals surface area contributed by atoms with Crippen LogP contribution in [0.4, 0.5) is 0 Å². The third-order valence-corrected chi connectivity index (χ3v) is 6.38. The van der Waals surface area contributed by atoms with Gasteiger partial charge in [-0.05, 0) is 53.9 Å². The van der Waals surface area contributed by atoms with E-state index in [1.165, 1.54) is 16.0 Å². The molecule has 0 bridgehead atoms. The Balaban J connectivity index is 0.00000192. The fraction of sp³-hybridized carbons (Fsp3) is 0.333. The predicted molar refractivity (Wildman–Crippen MR) is 104 cm³/mol. The minimum atomic E-state index is -0.153. The molecule has 124 valence electrons. The molecule has 23 heavy (non-hydrogen) atoms. The van der Waals surface area contributed by atoms with E-state index in [-0.39, 0.29) is 23.9 Å². The number of hydrogen-bond donors (Lipinski definition) is 2. The monoisotopic (exact) mass is 413 g/mol. The summed E-state index contributed by atoms with van der Waals surface area (Å²) >= 11 is 5.31. The van der Waals surface area contributed by atoms with Gasteiger partial charge in [0, 0.05) is 26.1 Å². The molecule has 0 fully saturated rings. The molecule has 2 nitrogen and oxygen atoms in total. The van der Waals surface area contributed by atoms with Gasteiger partial charge in [-0.3, -0.25) is 0 Å². The normalized spacial score (nSPS) is 22.1. The molecular weight excluding hydrogens is 394 g/mol. The van der Waals surface area contributed by atoms with Crippen LogP contribution in [0, 0.1) is 0 Å². The number of phenols is 1. The van der Waals surface area contributed by atoms with E-state index >= 15 is 0 Å². The highest BCUT2D eigenvalue weighted by molar-refractivity contribution is 9.10. The first-order valence-electron chi connectivity index (χ1n) is 7.38. The largest absolute Gasteiger partial charge is 0.508 e. The average molecular weight is 415 g/mol. The number of nitrogens with two attached hydrogens (primary N) is 1. The molecule has 2 unspecified atom stereocenters. The summed E-state index contributed by atoms with van der Waals surface area (Å²) in [7, 11) is 0. The first kappa shape index (κ1) is 18.7. The topological polar surface area (TPSA) is 46.2 Å². The van der Waals surface area contributed by atoms with Crippen LogP contribution in [0.2, 0.25) is 0 Å². The summed E-state index contributed by atoms with van der Waals surface area (Å²) in [5.41, 5.74) is 8.90. The Hall–Kier alpha value is -0.680. The van der Waals surface area contributed by atoms with Gasteiger partial charge in [0.05, 0.1) is 0 Å². The Kier molecular flexibility index (Phi) is 5.72. The molecule has 2 aromatic carbocycles. The molecule has 0 amide bonds. The molecule has 0 saturated heterocycles. The highest BCUT2D eigenvalue weighted by Crippen LogP contribution is 2.43. The van der Waals surface area contributed by atoms with Crippen LogP contribution in [0.25, 0.3) is 0 Å². The summed E-state index contributed by atoms with van der Waals surface area (Å²) in [6.45, 7) is 4.34. The van der Waals surface area contributed by atoms with Crippen molar-refractivity contribution >= 4 is 40.1 Å². The van der Waals surface area contributed by atoms with Gasteiger partial charge in [-0.15, -0.1) is 24.2 Å². The lowest BCUT2D eigenvalue weighted by atomic mass is 9.69. The van der Waals surface area contributed by atoms with Gasteiger partial charge >= 0.3 is 0 Å². The van der Waals surface area contributed by atoms with Gasteiger partial charge in [0.25, 0.3) is 0 Å². The fourth-order valence-corrected chi connectivity index (χ4v) is 4.79. The molecule has 1 aliphatic carbocycles. The zero-order valence-electron chi connectivity index (χ0n) is 13.1. The molecule has 5 heteroatoms. The molecule has 3 N–H and O–H groups in total. The van der Waals surface area contributed by atoms with Crippen molar-refractivity contribution in [2.75, 3.05) is 0 Å². The van der Waals surface area contributed by atoms with Crippen molar-refractivity contribution in [2.45, 2.75) is 41.9 Å². The molecule has 0 saturated carbocycles. The van der Waals surface area contributed by atoms with Crippen LogP contribution in [0.15, 0.2) is 51.8 Å². The lowest BCUT2D eigenvalue weighted by Gasteiger charge is -2.43. The Morgan fingerprint density at radius 2 is 1.83 bits per heavy atom. The minimum Gasteiger partial charge on any atom is -0.508 e. The second-order valence-corrected chi connectivity index (χ2v) is 8.63. The Morgan fingerprint density at radius 3 is 2.48 bits per heavy atom. The summed E-state index contributed by atoms with van der Waals surface area (Å²) in [6.07, 6.45) is 0.931. The Morgan fingerprint density at radius 1 is 1.17 bits per heavy atom. The van der Waals surface area contributed by atoms with E-state index in [0.29, 0.717) is 11.0 Å². The molecular formula is C18H21BrClNOS. The Bertz CT molecular complexity index is 690. The Labute approximate surface area is 156 Å². The minimum absolute atomic E-state index is 0. The first-order valence-corrected chi connectivity index (χ1v) is 9.05. The van der Waals surface area contributed by atoms with Gasteiger partial charge in [-0.2, -0.15) is 0 Å². The van der Waals surface area contributed by atoms with Crippen molar-refractivity contribution in [2.24, 2.45) is 5.73 Å². The predicted octanol–water partition coefficient (Wildman–Crippen LogP) is 4.90. The number of thioether (sulfide) groups is 1. The van der Waals surface area contributed by atoms with Gasteiger partial charge in [-0.1, -0.05) is 35.8 Å². The number of fused-ring (bicyclic) bond motifs is 1. The van der Waals surface area contributed by atoms with Gasteiger partial charge in [0.2, 0.25) is 0 Å². The summed E-state index contributed by atoms with van der Waals surface area (Å²) in [5, 5.41) is 10.1. The molecule has 0 radical (unpaired) electrons. The van der Waals surface area contributed by atoms with E-state index in [1.807, 2.05) is 23.9 Å². The van der Waals surface area contributed by atoms with Crippen molar-refractivity contribution in [1.82, 2.24) is 0 Å². The number of benzene rings is 2. The van der Waals surface area contributed by atoms with Gasteiger partial charge in [0.1, 0.15) is 5.75 Å². The zero-order chi connectivity index (χ0) is 15.9. The van der Waals surface area contributed by atoms with Crippen LogP contribution in [-0.2, 0) is 11.8 Å². The van der Waals surface area contributed by atoms with Crippen LogP contribution in [0.5, 0.6) is 5.75 Å². The maximum absolute atomic E-state index is 9.78. The second-order valence-electron chi connectivity index (χ2n) is 6.40. The van der Waals surface area contributed by atoms with Gasteiger partial charge < -0.3 is 10.8 Å². The summed E-state index contributed by atoms with van der Waals surface area (Å²) in [6, 6.07) is 14.1. The number of phenolic OH excluding ortho intramolecular Hbond substituents is 1. The SMILES string of the molecule is CC1(C)c2cc(O)ccc2CC(Sc2ccc(Br)cc2)C1N.Cl. The number of hydrogen-bond acceptors (Lipinski definition) is 3. The average Bonchev–Trinajstić information content (AvgIpc) is 2.48. The van der Waals surface area contributed by atoms with Crippen molar-refractivity contribution in [3.63, 3.8) is 0 Å². The highest BCUT2D eigenvalue weighted by Gasteiger charge is 2.40. The van der Waals surface area contributed by atoms with E-state index in [4.69, 9.17) is 5.73 Å². The summed E-state index contributed by atoms with van der Waals surface area (Å²) < 4.78 is 1.09. The smallest absolute Gasteiger partial charge is 0.115 e. The van der Waals surface area contributed by atoms with Crippen LogP contribution < -0.4 is 5.73 Å². The molecule has 0 heterocycles. The van der Waals surface area contributed by atoms with Gasteiger partial charge in [0.15, 0.2) is 0 Å². The maximum atomic E-state index is 9.78. The maximum Gasteiger partial charge on any atom is 0.115 e. The zero-order valence-corrected chi connectivity index (χ0v) is 16.3. The van der Waals surface area contributed by atoms with E-state index in [1.54, 1.807) is 6.07 Å². The highest BCUT2D eigenvalue weighted by atomic mass is 79.9. The van der Waals surface area contributed by atoms with Crippen LogP contribution in [0.1, 0.15) is 25.0 Å². The number of rotatable bonds is 2. The molecule has 0 aromatic heterocycles. The number of aromatic hydroxyl groups is 1. The van der Waals surface area contributed by atoms with Crippen LogP contribution in [0.3, 0.4) is 0 Å². The van der Waals surface area contributed by atoms with Crippen LogP contribution in [-0.4, -0.2) is 16.4 Å². The third kappa shape index (κ3) is 3.71. The summed E-state index contributed by atoms with van der Waals surface area (Å²) in [4.78, 5) is 1.24. The lowest BCUT2D eigenvalue weighted by molar-refractivity contribution is 0.369. The van der Waals surface area contributed by atoms with E-state index in [0.717, 1.165) is 10.9 Å².